The molecule has 0 spiro atoms. The highest BCUT2D eigenvalue weighted by Gasteiger charge is 1.91. The van der Waals surface area contributed by atoms with Gasteiger partial charge in [-0.3, -0.25) is 4.79 Å². The van der Waals surface area contributed by atoms with E-state index in [0.717, 1.165) is 0 Å². The van der Waals surface area contributed by atoms with Crippen LogP contribution >= 0.6 is 0 Å². The maximum absolute atomic E-state index is 10.1. The van der Waals surface area contributed by atoms with E-state index in [1.165, 1.54) is 6.07 Å². The van der Waals surface area contributed by atoms with E-state index in [-0.39, 0.29) is 5.69 Å². The van der Waals surface area contributed by atoms with Crippen LogP contribution in [0.3, 0.4) is 0 Å². The van der Waals surface area contributed by atoms with Gasteiger partial charge in [-0.2, -0.15) is 0 Å². The Kier molecular flexibility index (Phi) is 1.89. The highest BCUT2D eigenvalue weighted by molar-refractivity contribution is 5.76. The van der Waals surface area contributed by atoms with Crippen molar-refractivity contribution in [1.29, 1.82) is 0 Å². The first kappa shape index (κ1) is 6.61. The van der Waals surface area contributed by atoms with Crippen LogP contribution in [0, 0.1) is 4.91 Å². The average Bonchev–Trinajstić information content (AvgIpc) is 2.05. The molecule has 1 rings (SSSR count). The van der Waals surface area contributed by atoms with Crippen molar-refractivity contribution in [3.8, 4) is 0 Å². The Hall–Kier alpha value is -1.51. The van der Waals surface area contributed by atoms with Gasteiger partial charge in [0.05, 0.1) is 0 Å². The molecule has 0 amide bonds. The van der Waals surface area contributed by atoms with E-state index in [1.54, 1.807) is 18.2 Å². The molecule has 0 unspecified atom stereocenters. The molecule has 3 heteroatoms. The molecular formula is C7H5NO2. The summed E-state index contributed by atoms with van der Waals surface area (Å²) in [6.45, 7) is 0. The molecule has 3 nitrogen and oxygen atoms in total. The lowest BCUT2D eigenvalue weighted by Gasteiger charge is -1.88. The van der Waals surface area contributed by atoms with Crippen LogP contribution < -0.4 is 0 Å². The summed E-state index contributed by atoms with van der Waals surface area (Å²) in [6.07, 6.45) is 0.675. The molecule has 0 fully saturated rings. The summed E-state index contributed by atoms with van der Waals surface area (Å²) in [4.78, 5) is 20.0. The average molecular weight is 135 g/mol. The number of nitroso groups, excluding NO2 is 1. The predicted octanol–water partition coefficient (Wildman–Crippen LogP) is 1.90. The summed E-state index contributed by atoms with van der Waals surface area (Å²) in [5.41, 5.74) is 0.752. The smallest absolute Gasteiger partial charge is 0.150 e. The zero-order valence-electron chi connectivity index (χ0n) is 5.15. The van der Waals surface area contributed by atoms with Crippen molar-refractivity contribution in [3.63, 3.8) is 0 Å². The molecule has 0 aromatic heterocycles. The third kappa shape index (κ3) is 1.25. The lowest BCUT2D eigenvalue weighted by atomic mass is 10.2. The van der Waals surface area contributed by atoms with Crippen LogP contribution in [0.15, 0.2) is 29.4 Å². The number of rotatable bonds is 2. The molecule has 1 aromatic rings. The highest BCUT2D eigenvalue weighted by atomic mass is 16.3. The minimum atomic E-state index is 0.282. The Labute approximate surface area is 57.7 Å². The molecule has 0 radical (unpaired) electrons. The van der Waals surface area contributed by atoms with E-state index in [9.17, 15) is 9.70 Å². The van der Waals surface area contributed by atoms with E-state index in [0.29, 0.717) is 11.8 Å². The summed E-state index contributed by atoms with van der Waals surface area (Å²) in [5, 5.41) is 2.67. The quantitative estimate of drug-likeness (QED) is 0.459. The zero-order chi connectivity index (χ0) is 7.40. The summed E-state index contributed by atoms with van der Waals surface area (Å²) in [6, 6.07) is 6.20. The van der Waals surface area contributed by atoms with Crippen molar-refractivity contribution in [2.45, 2.75) is 0 Å². The Morgan fingerprint density at radius 2 is 2.20 bits per heavy atom. The second-order valence-electron chi connectivity index (χ2n) is 1.80. The van der Waals surface area contributed by atoms with E-state index < -0.39 is 0 Å². The summed E-state index contributed by atoms with van der Waals surface area (Å²) >= 11 is 0. The lowest BCUT2D eigenvalue weighted by Crippen LogP contribution is -1.75. The van der Waals surface area contributed by atoms with Crippen molar-refractivity contribution in [2.24, 2.45) is 5.18 Å². The number of hydrogen-bond acceptors (Lipinski definition) is 3. The first-order chi connectivity index (χ1) is 4.86. The number of aldehydes is 1. The van der Waals surface area contributed by atoms with Crippen LogP contribution in [0.5, 0.6) is 0 Å². The Balaban J connectivity index is 3.09. The number of benzene rings is 1. The second kappa shape index (κ2) is 2.87. The molecule has 0 bridgehead atoms. The molecule has 1 aromatic carbocycles. The molecule has 0 atom stereocenters. The molecule has 50 valence electrons. The lowest BCUT2D eigenvalue weighted by molar-refractivity contribution is 0.112. The fourth-order valence-corrected chi connectivity index (χ4v) is 0.655. The molecule has 0 N–H and O–H groups in total. The summed E-state index contributed by atoms with van der Waals surface area (Å²) < 4.78 is 0. The van der Waals surface area contributed by atoms with Gasteiger partial charge in [0.2, 0.25) is 0 Å². The Morgan fingerprint density at radius 3 is 2.80 bits per heavy atom. The number of nitrogens with zero attached hydrogens (tertiary/aromatic N) is 1. The fourth-order valence-electron chi connectivity index (χ4n) is 0.655. The normalized spacial score (nSPS) is 8.80. The highest BCUT2D eigenvalue weighted by Crippen LogP contribution is 2.11. The van der Waals surface area contributed by atoms with Crippen molar-refractivity contribution < 1.29 is 4.79 Å². The number of hydrogen-bond donors (Lipinski definition) is 0. The van der Waals surface area contributed by atoms with Gasteiger partial charge in [0.15, 0.2) is 0 Å². The topological polar surface area (TPSA) is 46.5 Å². The van der Waals surface area contributed by atoms with E-state index in [1.807, 2.05) is 0 Å². The van der Waals surface area contributed by atoms with Crippen molar-refractivity contribution in [3.05, 3.63) is 34.7 Å². The molecule has 0 aliphatic carbocycles. The SMILES string of the molecule is O=Cc1cccc(N=O)c1. The van der Waals surface area contributed by atoms with Crippen molar-refractivity contribution in [2.75, 3.05) is 0 Å². The van der Waals surface area contributed by atoms with Gasteiger partial charge in [-0.15, -0.1) is 4.91 Å². The molecular weight excluding hydrogens is 130 g/mol. The number of carbonyl (C=O) groups excluding carboxylic acids is 1. The fraction of sp³-hybridized carbons (Fsp3) is 0. The molecule has 0 saturated heterocycles. The third-order valence-electron chi connectivity index (χ3n) is 1.11. The van der Waals surface area contributed by atoms with Crippen LogP contribution in [-0.2, 0) is 0 Å². The van der Waals surface area contributed by atoms with Gasteiger partial charge in [0.25, 0.3) is 0 Å². The second-order valence-corrected chi connectivity index (χ2v) is 1.80. The van der Waals surface area contributed by atoms with Crippen LogP contribution in [0.2, 0.25) is 0 Å². The molecule has 0 saturated carbocycles. The minimum Gasteiger partial charge on any atom is -0.298 e. The van der Waals surface area contributed by atoms with E-state index in [4.69, 9.17) is 0 Å². The van der Waals surface area contributed by atoms with Crippen LogP contribution in [0.4, 0.5) is 5.69 Å². The zero-order valence-corrected chi connectivity index (χ0v) is 5.15. The number of carbonyl (C=O) groups is 1. The molecule has 10 heavy (non-hydrogen) atoms. The Bertz CT molecular complexity index is 234. The van der Waals surface area contributed by atoms with Crippen LogP contribution in [0.25, 0.3) is 0 Å². The molecule has 0 aliphatic heterocycles. The molecule has 0 heterocycles. The predicted molar refractivity (Wildman–Crippen MR) is 37.3 cm³/mol. The van der Waals surface area contributed by atoms with Gasteiger partial charge in [-0.25, -0.2) is 0 Å². The first-order valence-corrected chi connectivity index (χ1v) is 2.75. The maximum Gasteiger partial charge on any atom is 0.150 e. The van der Waals surface area contributed by atoms with Gasteiger partial charge in [-0.05, 0) is 17.3 Å². The van der Waals surface area contributed by atoms with Gasteiger partial charge in [0, 0.05) is 5.56 Å². The van der Waals surface area contributed by atoms with Gasteiger partial charge in [0.1, 0.15) is 12.0 Å². The van der Waals surface area contributed by atoms with Gasteiger partial charge in [-0.1, -0.05) is 12.1 Å². The van der Waals surface area contributed by atoms with Crippen LogP contribution in [-0.4, -0.2) is 6.29 Å². The Morgan fingerprint density at radius 1 is 1.40 bits per heavy atom. The first-order valence-electron chi connectivity index (χ1n) is 2.75. The van der Waals surface area contributed by atoms with Gasteiger partial charge < -0.3 is 0 Å². The van der Waals surface area contributed by atoms with Crippen LogP contribution in [0.1, 0.15) is 10.4 Å². The monoisotopic (exact) mass is 135 g/mol. The van der Waals surface area contributed by atoms with E-state index in [2.05, 4.69) is 5.18 Å². The third-order valence-corrected chi connectivity index (χ3v) is 1.11. The summed E-state index contributed by atoms with van der Waals surface area (Å²) in [7, 11) is 0. The summed E-state index contributed by atoms with van der Waals surface area (Å²) in [5.74, 6) is 0. The molecule has 0 aliphatic rings. The van der Waals surface area contributed by atoms with E-state index >= 15 is 0 Å². The maximum atomic E-state index is 10.1. The van der Waals surface area contributed by atoms with Crippen molar-refractivity contribution in [1.82, 2.24) is 0 Å². The van der Waals surface area contributed by atoms with Crippen molar-refractivity contribution >= 4 is 12.0 Å². The van der Waals surface area contributed by atoms with Gasteiger partial charge >= 0.3 is 0 Å². The standard InChI is InChI=1S/C7H5NO2/c9-5-6-2-1-3-7(4-6)8-10/h1-5H. The largest absolute Gasteiger partial charge is 0.298 e. The minimum absolute atomic E-state index is 0.282.